The Labute approximate surface area is 577 Å². The van der Waals surface area contributed by atoms with E-state index in [0.29, 0.717) is 33.0 Å². The number of Topliss-reactive ketones (excluding diaryl/α,β-unsaturated/α-hetero) is 1. The van der Waals surface area contributed by atoms with Gasteiger partial charge >= 0.3 is 0 Å². The van der Waals surface area contributed by atoms with E-state index in [-0.39, 0.29) is 92.1 Å². The molecular formula is C63H91AcClN17O7S-. The SMILES string of the molecule is C.C1CNCC[N-]1.CC(=O)N1CCN(C(C)c2ccnc(C)c2)CC1.CC(=O)N1CCN(C(C)c2ccnc(Nc3ncc(C#N)s3)c2)CC1.CC(=O)c1ccnc(C)c1.CNC.CON(C)C(=O)c1ccnc(C)c1.CON(C)C(=O)c1ccnc(Cl)c1.[Ac]. The molecule has 2 unspecified atom stereocenters. The Morgan fingerprint density at radius 3 is 1.42 bits per heavy atom. The number of aromatic nitrogens is 6. The van der Waals surface area contributed by atoms with Gasteiger partial charge in [-0.25, -0.2) is 25.1 Å². The number of hydrogen-bond acceptors (Lipinski definition) is 20. The first-order valence-corrected chi connectivity index (χ1v) is 29.8. The number of nitrogens with zero attached hydrogens (tertiary/aromatic N) is 14. The maximum atomic E-state index is 11.5. The van der Waals surface area contributed by atoms with Gasteiger partial charge in [-0.15, -0.1) is 13.1 Å². The molecule has 3 saturated heterocycles. The van der Waals surface area contributed by atoms with Crippen LogP contribution in [0.3, 0.4) is 0 Å². The van der Waals surface area contributed by atoms with Crippen LogP contribution in [-0.2, 0) is 19.3 Å². The molecule has 2 atom stereocenters. The largest absolute Gasteiger partial charge is 0.660 e. The summed E-state index contributed by atoms with van der Waals surface area (Å²) in [6.45, 7) is 26.0. The molecule has 4 amide bonds. The van der Waals surface area contributed by atoms with Gasteiger partial charge in [0.2, 0.25) is 11.8 Å². The van der Waals surface area contributed by atoms with Crippen LogP contribution in [0.4, 0.5) is 10.9 Å². The van der Waals surface area contributed by atoms with Crippen molar-refractivity contribution in [3.05, 3.63) is 158 Å². The fraction of sp³-hybridized carbons (Fsp3) is 0.460. The Kier molecular flexibility index (Phi) is 40.9. The number of rotatable bonds is 11. The molecule has 24 nitrogen and oxygen atoms in total. The van der Waals surface area contributed by atoms with Crippen LogP contribution in [0.2, 0.25) is 5.15 Å². The van der Waals surface area contributed by atoms with Crippen LogP contribution in [0.1, 0.15) is 118 Å². The Bertz CT molecular complexity index is 3060. The van der Waals surface area contributed by atoms with E-state index >= 15 is 0 Å². The van der Waals surface area contributed by atoms with Crippen molar-refractivity contribution in [3.63, 3.8) is 0 Å². The normalized spacial score (nSPS) is 13.9. The second kappa shape index (κ2) is 45.0. The average Bonchev–Trinajstić information content (AvgIpc) is 4.12. The number of pyridine rings is 5. The molecule has 6 aromatic heterocycles. The van der Waals surface area contributed by atoms with Gasteiger partial charge in [0.25, 0.3) is 11.8 Å². The minimum atomic E-state index is -0.258. The van der Waals surface area contributed by atoms with Crippen LogP contribution in [0.5, 0.6) is 0 Å². The van der Waals surface area contributed by atoms with Gasteiger partial charge in [-0.3, -0.25) is 58.4 Å². The molecule has 1 radical (unpaired) electrons. The zero-order valence-corrected chi connectivity index (χ0v) is 60.2. The van der Waals surface area contributed by atoms with E-state index in [2.05, 4.69) is 93.0 Å². The number of carbonyl (C=O) groups is 5. The molecule has 90 heavy (non-hydrogen) atoms. The van der Waals surface area contributed by atoms with Crippen molar-refractivity contribution in [2.75, 3.05) is 126 Å². The summed E-state index contributed by atoms with van der Waals surface area (Å²) in [4.78, 5) is 99.6. The van der Waals surface area contributed by atoms with Gasteiger partial charge in [-0.1, -0.05) is 30.4 Å². The van der Waals surface area contributed by atoms with Gasteiger partial charge in [0.15, 0.2) is 10.9 Å². The van der Waals surface area contributed by atoms with Crippen molar-refractivity contribution in [1.29, 1.82) is 5.26 Å². The number of aryl methyl sites for hydroxylation is 3. The molecule has 0 bridgehead atoms. The monoisotopic (exact) mass is 1490 g/mol. The number of hydrogen-bond donors (Lipinski definition) is 3. The Hall–Kier alpha value is -6.33. The second-order valence-corrected chi connectivity index (χ2v) is 21.5. The topological polar surface area (TPSA) is 275 Å². The molecule has 9 rings (SSSR count). The van der Waals surface area contributed by atoms with Crippen LogP contribution in [-0.4, -0.2) is 210 Å². The van der Waals surface area contributed by atoms with Crippen molar-refractivity contribution in [3.8, 4) is 6.07 Å². The number of piperazine rings is 3. The number of nitriles is 1. The van der Waals surface area contributed by atoms with E-state index in [4.69, 9.17) is 26.5 Å². The summed E-state index contributed by atoms with van der Waals surface area (Å²) >= 11 is 6.92. The number of amides is 4. The first kappa shape index (κ1) is 81.7. The number of ketones is 1. The molecule has 6 aromatic rings. The number of nitrogens with one attached hydrogen (secondary N) is 3. The first-order valence-electron chi connectivity index (χ1n) is 28.6. The van der Waals surface area contributed by atoms with Gasteiger partial charge in [0.05, 0.1) is 20.4 Å². The van der Waals surface area contributed by atoms with E-state index in [1.165, 1.54) is 55.5 Å². The molecule has 3 aliphatic heterocycles. The summed E-state index contributed by atoms with van der Waals surface area (Å²) < 4.78 is 0. The van der Waals surface area contributed by atoms with Crippen molar-refractivity contribution in [1.82, 2.24) is 70.3 Å². The third-order valence-electron chi connectivity index (χ3n) is 13.6. The maximum Gasteiger partial charge on any atom is 0.277 e. The van der Waals surface area contributed by atoms with Crippen molar-refractivity contribution < 1.29 is 77.7 Å². The van der Waals surface area contributed by atoms with Crippen LogP contribution < -0.4 is 16.0 Å². The first-order chi connectivity index (χ1) is 42.0. The maximum absolute atomic E-state index is 11.5. The Morgan fingerprint density at radius 2 is 1.06 bits per heavy atom. The Morgan fingerprint density at radius 1 is 0.644 bits per heavy atom. The van der Waals surface area contributed by atoms with Crippen molar-refractivity contribution >= 4 is 63.3 Å². The van der Waals surface area contributed by atoms with Gasteiger partial charge in [-0.05, 0) is 141 Å². The molecule has 0 aliphatic carbocycles. The third-order valence-corrected chi connectivity index (χ3v) is 14.6. The van der Waals surface area contributed by atoms with Gasteiger partial charge < -0.3 is 31.1 Å². The molecule has 0 aromatic carbocycles. The fourth-order valence-electron chi connectivity index (χ4n) is 8.43. The quantitative estimate of drug-likeness (QED) is 0.0623. The van der Waals surface area contributed by atoms with E-state index in [0.717, 1.165) is 112 Å². The van der Waals surface area contributed by atoms with E-state index < -0.39 is 0 Å². The predicted octanol–water partition coefficient (Wildman–Crippen LogP) is 8.41. The van der Waals surface area contributed by atoms with E-state index in [1.807, 2.05) is 63.0 Å². The molecule has 3 aliphatic rings. The van der Waals surface area contributed by atoms with Gasteiger partial charge in [0, 0.05) is 201 Å². The number of thiazole rings is 1. The van der Waals surface area contributed by atoms with Crippen molar-refractivity contribution in [2.45, 2.75) is 74.9 Å². The molecule has 0 spiro atoms. The predicted molar refractivity (Wildman–Crippen MR) is 351 cm³/mol. The second-order valence-electron chi connectivity index (χ2n) is 20.1. The average molecular weight is 1490 g/mol. The Balaban J connectivity index is 0.000000556. The molecule has 0 saturated carbocycles. The minimum Gasteiger partial charge on any atom is -0.660 e. The zero-order valence-electron chi connectivity index (χ0n) is 53.9. The summed E-state index contributed by atoms with van der Waals surface area (Å²) in [5.74, 6) is 0.695. The number of anilines is 2. The third kappa shape index (κ3) is 30.2. The molecule has 9 heterocycles. The van der Waals surface area contributed by atoms with E-state index in [1.54, 1.807) is 82.9 Å². The fourth-order valence-corrected chi connectivity index (χ4v) is 9.22. The minimum absolute atomic E-state index is 0. The standard InChI is InChI=1S/C17H20N6OS.C14H21N3O.C9H12N2O2.C8H9ClN2O2.C8H9NO.C4H9N2.C2H7N.CH4.Ac/c1-12(22-5-7-23(8-6-22)13(2)24)14-3-4-19-16(9-14)21-17-20-11-15(10-18)25-17;1-11-10-14(4-5-15-11)12(2)16-6-8-17(9-7-16)13(3)18;1-7-6-8(4-5-10-7)9(12)11(2)13-3;1-11(13-2)8(12)6-3-4-10-7(9)5-6;1-6-5-8(7(2)10)3-4-9-6;1-2-6-4-3-5-1;1-3-2;;/h3-4,9,11-12H,5-8H2,1-2H3,(H,19,20,21);4-5,10,12H,6-9H2,1-3H3;4-6H,1-3H3;3-5H,1-2H3;3-5H,1-2H3;5H,1-4H2;3H,1-2H3;1H4;/q;;;;;-1;;;. The van der Waals surface area contributed by atoms with Gasteiger partial charge in [-0.2, -0.15) is 5.26 Å². The summed E-state index contributed by atoms with van der Waals surface area (Å²) in [7, 11) is 9.71. The molecular weight excluding hydrogens is 1400 g/mol. The summed E-state index contributed by atoms with van der Waals surface area (Å²) in [6.07, 6.45) is 9.91. The number of carbonyl (C=O) groups excluding carboxylic acids is 5. The molecule has 3 N–H and O–H groups in total. The summed E-state index contributed by atoms with van der Waals surface area (Å²) in [6, 6.07) is 20.9. The number of halogens is 1. The summed E-state index contributed by atoms with van der Waals surface area (Å²) in [5.41, 5.74) is 6.98. The molecule has 487 valence electrons. The van der Waals surface area contributed by atoms with Crippen LogP contribution >= 0.6 is 22.9 Å². The van der Waals surface area contributed by atoms with Gasteiger partial charge in [0.1, 0.15) is 21.9 Å². The van der Waals surface area contributed by atoms with Crippen LogP contribution in [0.25, 0.3) is 5.32 Å². The summed E-state index contributed by atoms with van der Waals surface area (Å²) in [5, 5.41) is 25.3. The number of hydroxylamine groups is 4. The zero-order chi connectivity index (χ0) is 65.1. The molecule has 27 heteroatoms. The van der Waals surface area contributed by atoms with Crippen molar-refractivity contribution in [2.24, 2.45) is 0 Å². The van der Waals surface area contributed by atoms with Crippen LogP contribution in [0, 0.1) is 76.2 Å². The smallest absolute Gasteiger partial charge is 0.277 e. The van der Waals surface area contributed by atoms with E-state index in [9.17, 15) is 24.0 Å². The molecule has 3 fully saturated rings. The van der Waals surface area contributed by atoms with Crippen LogP contribution in [0.15, 0.2) is 97.8 Å².